The van der Waals surface area contributed by atoms with Crippen LogP contribution in [0.25, 0.3) is 0 Å². The van der Waals surface area contributed by atoms with Crippen molar-refractivity contribution in [2.45, 2.75) is 32.2 Å². The predicted molar refractivity (Wildman–Crippen MR) is 101 cm³/mol. The number of aromatic nitrogens is 4. The number of fused-ring (bicyclic) bond motifs is 1. The lowest BCUT2D eigenvalue weighted by Gasteiger charge is -2.35. The Hall–Kier alpha value is -2.79. The van der Waals surface area contributed by atoms with Gasteiger partial charge in [0.1, 0.15) is 11.9 Å². The van der Waals surface area contributed by atoms with Crippen molar-refractivity contribution in [3.63, 3.8) is 0 Å². The van der Waals surface area contributed by atoms with Crippen molar-refractivity contribution in [3.8, 4) is 6.07 Å². The van der Waals surface area contributed by atoms with E-state index < -0.39 is 0 Å². The summed E-state index contributed by atoms with van der Waals surface area (Å²) in [7, 11) is 0. The molecule has 0 aromatic carbocycles. The van der Waals surface area contributed by atoms with Crippen LogP contribution < -0.4 is 10.5 Å². The van der Waals surface area contributed by atoms with Crippen LogP contribution in [-0.4, -0.2) is 57.4 Å². The van der Waals surface area contributed by atoms with Gasteiger partial charge in [-0.3, -0.25) is 9.69 Å². The second kappa shape index (κ2) is 7.84. The lowest BCUT2D eigenvalue weighted by atomic mass is 9.97. The Kier molecular flexibility index (Phi) is 5.12. The van der Waals surface area contributed by atoms with Gasteiger partial charge >= 0.3 is 0 Å². The van der Waals surface area contributed by atoms with E-state index in [1.54, 1.807) is 16.9 Å². The topological polar surface area (TPSA) is 90.9 Å². The van der Waals surface area contributed by atoms with Gasteiger partial charge in [-0.15, -0.1) is 0 Å². The molecule has 0 spiro atoms. The smallest absolute Gasteiger partial charge is 0.267 e. The average Bonchev–Trinajstić information content (AvgIpc) is 2.73. The molecule has 0 amide bonds. The third kappa shape index (κ3) is 3.98. The Morgan fingerprint density at radius 1 is 1.04 bits per heavy atom. The van der Waals surface area contributed by atoms with Gasteiger partial charge in [-0.1, -0.05) is 0 Å². The largest absolute Gasteiger partial charge is 0.353 e. The van der Waals surface area contributed by atoms with Crippen molar-refractivity contribution < 1.29 is 0 Å². The molecule has 140 valence electrons. The van der Waals surface area contributed by atoms with E-state index in [0.717, 1.165) is 69.1 Å². The number of hydrogen-bond donors (Lipinski definition) is 0. The highest BCUT2D eigenvalue weighted by molar-refractivity contribution is 5.37. The van der Waals surface area contributed by atoms with Crippen molar-refractivity contribution in [1.29, 1.82) is 5.26 Å². The summed E-state index contributed by atoms with van der Waals surface area (Å²) in [5.74, 6) is 0.807. The minimum Gasteiger partial charge on any atom is -0.353 e. The van der Waals surface area contributed by atoms with Crippen LogP contribution in [0.1, 0.15) is 29.8 Å². The summed E-state index contributed by atoms with van der Waals surface area (Å²) < 4.78 is 1.63. The highest BCUT2D eigenvalue weighted by atomic mass is 16.1. The van der Waals surface area contributed by atoms with E-state index in [-0.39, 0.29) is 5.56 Å². The summed E-state index contributed by atoms with van der Waals surface area (Å²) in [5, 5.41) is 13.4. The normalized spacial score (nSPS) is 17.4. The third-order valence-corrected chi connectivity index (χ3v) is 5.35. The van der Waals surface area contributed by atoms with E-state index in [4.69, 9.17) is 5.26 Å². The molecule has 2 aromatic heterocycles. The van der Waals surface area contributed by atoms with Gasteiger partial charge < -0.3 is 4.90 Å². The van der Waals surface area contributed by atoms with Crippen molar-refractivity contribution in [1.82, 2.24) is 24.6 Å². The number of anilines is 1. The second-order valence-electron chi connectivity index (χ2n) is 7.09. The van der Waals surface area contributed by atoms with E-state index in [1.807, 2.05) is 6.07 Å². The Morgan fingerprint density at radius 2 is 1.85 bits per heavy atom. The molecule has 2 aromatic rings. The zero-order valence-corrected chi connectivity index (χ0v) is 15.3. The van der Waals surface area contributed by atoms with E-state index in [1.165, 1.54) is 12.6 Å². The molecule has 2 aliphatic rings. The Labute approximate surface area is 158 Å². The van der Waals surface area contributed by atoms with Gasteiger partial charge in [-0.2, -0.15) is 10.4 Å². The monoisotopic (exact) mass is 365 g/mol. The molecule has 8 heteroatoms. The Bertz CT molecular complexity index is 892. The van der Waals surface area contributed by atoms with Crippen LogP contribution in [-0.2, 0) is 19.4 Å². The van der Waals surface area contributed by atoms with Crippen LogP contribution in [0.15, 0.2) is 23.3 Å². The molecule has 0 saturated carbocycles. The fourth-order valence-corrected chi connectivity index (χ4v) is 3.74. The standard InChI is InChI=1S/C19H23N7O/c20-12-16-13-22-18(14-21-16)25-8-5-24(6-9-25)7-10-26-19(27)11-15-3-1-2-4-17(15)23-26/h11,13-14H,1-10H2. The molecule has 0 radical (unpaired) electrons. The maximum Gasteiger partial charge on any atom is 0.267 e. The first-order chi connectivity index (χ1) is 13.2. The van der Waals surface area contributed by atoms with Crippen LogP contribution >= 0.6 is 0 Å². The van der Waals surface area contributed by atoms with E-state index >= 15 is 0 Å². The molecule has 3 heterocycles. The zero-order valence-electron chi connectivity index (χ0n) is 15.3. The molecule has 0 bridgehead atoms. The highest BCUT2D eigenvalue weighted by Crippen LogP contribution is 2.17. The number of nitrogens with zero attached hydrogens (tertiary/aromatic N) is 7. The van der Waals surface area contributed by atoms with Gasteiger partial charge in [0.2, 0.25) is 0 Å². The number of rotatable bonds is 4. The van der Waals surface area contributed by atoms with Crippen molar-refractivity contribution in [2.75, 3.05) is 37.6 Å². The van der Waals surface area contributed by atoms with Gasteiger partial charge in [-0.25, -0.2) is 14.6 Å². The van der Waals surface area contributed by atoms with Crippen LogP contribution in [0.5, 0.6) is 0 Å². The highest BCUT2D eigenvalue weighted by Gasteiger charge is 2.19. The first-order valence-electron chi connectivity index (χ1n) is 9.52. The number of hydrogen-bond acceptors (Lipinski definition) is 7. The van der Waals surface area contributed by atoms with Crippen molar-refractivity contribution in [3.05, 3.63) is 45.8 Å². The van der Waals surface area contributed by atoms with Gasteiger partial charge in [0.25, 0.3) is 5.56 Å². The van der Waals surface area contributed by atoms with Crippen LogP contribution in [0.3, 0.4) is 0 Å². The maximum atomic E-state index is 12.3. The minimum atomic E-state index is 0.0159. The SMILES string of the molecule is N#Cc1cnc(N2CCN(CCn3nc4c(cc3=O)CCCC4)CC2)cn1. The van der Waals surface area contributed by atoms with Gasteiger partial charge in [-0.05, 0) is 31.2 Å². The lowest BCUT2D eigenvalue weighted by Crippen LogP contribution is -2.48. The first-order valence-corrected chi connectivity index (χ1v) is 9.52. The molecule has 8 nitrogen and oxygen atoms in total. The van der Waals surface area contributed by atoms with Crippen LogP contribution in [0.2, 0.25) is 0 Å². The average molecular weight is 365 g/mol. The summed E-state index contributed by atoms with van der Waals surface area (Å²) >= 11 is 0. The van der Waals surface area contributed by atoms with Gasteiger partial charge in [0.05, 0.1) is 24.6 Å². The van der Waals surface area contributed by atoms with Crippen LogP contribution in [0, 0.1) is 11.3 Å². The first kappa shape index (κ1) is 17.6. The fourth-order valence-electron chi connectivity index (χ4n) is 3.74. The Morgan fingerprint density at radius 3 is 2.59 bits per heavy atom. The predicted octanol–water partition coefficient (Wildman–Crippen LogP) is 0.606. The quantitative estimate of drug-likeness (QED) is 0.784. The molecule has 0 atom stereocenters. The lowest BCUT2D eigenvalue weighted by molar-refractivity contribution is 0.241. The minimum absolute atomic E-state index is 0.0159. The maximum absolute atomic E-state index is 12.3. The second-order valence-corrected chi connectivity index (χ2v) is 7.09. The summed E-state index contributed by atoms with van der Waals surface area (Å²) in [6.45, 7) is 4.96. The summed E-state index contributed by atoms with van der Waals surface area (Å²) in [6, 6.07) is 3.77. The number of aryl methyl sites for hydroxylation is 2. The number of nitriles is 1. The summed E-state index contributed by atoms with van der Waals surface area (Å²) in [5.41, 5.74) is 2.59. The van der Waals surface area contributed by atoms with Gasteiger partial charge in [0.15, 0.2) is 5.69 Å². The molecule has 0 unspecified atom stereocenters. The zero-order chi connectivity index (χ0) is 18.6. The molecule has 1 aliphatic carbocycles. The van der Waals surface area contributed by atoms with E-state index in [0.29, 0.717) is 12.2 Å². The number of piperazine rings is 1. The van der Waals surface area contributed by atoms with Gasteiger partial charge in [0, 0.05) is 38.8 Å². The van der Waals surface area contributed by atoms with Crippen molar-refractivity contribution in [2.24, 2.45) is 0 Å². The molecular formula is C19H23N7O. The van der Waals surface area contributed by atoms with E-state index in [9.17, 15) is 4.79 Å². The molecule has 1 saturated heterocycles. The summed E-state index contributed by atoms with van der Waals surface area (Å²) in [6.07, 6.45) is 7.46. The molecule has 1 aliphatic heterocycles. The van der Waals surface area contributed by atoms with Crippen molar-refractivity contribution >= 4 is 5.82 Å². The fraction of sp³-hybridized carbons (Fsp3) is 0.526. The Balaban J connectivity index is 1.32. The summed E-state index contributed by atoms with van der Waals surface area (Å²) in [4.78, 5) is 25.2. The molecular weight excluding hydrogens is 342 g/mol. The van der Waals surface area contributed by atoms with Crippen LogP contribution in [0.4, 0.5) is 5.82 Å². The van der Waals surface area contributed by atoms with E-state index in [2.05, 4.69) is 24.9 Å². The third-order valence-electron chi connectivity index (χ3n) is 5.35. The molecule has 1 fully saturated rings. The molecule has 0 N–H and O–H groups in total. The molecule has 27 heavy (non-hydrogen) atoms. The molecule has 4 rings (SSSR count).